The molecular weight excluding hydrogens is 138 g/mol. The first-order valence-corrected chi connectivity index (χ1v) is 4.55. The number of rotatable bonds is 7. The molecule has 0 fully saturated rings. The molecule has 3 nitrogen and oxygen atoms in total. The highest BCUT2D eigenvalue weighted by Gasteiger charge is 1.88. The van der Waals surface area contributed by atoms with Crippen LogP contribution in [0.15, 0.2) is 0 Å². The van der Waals surface area contributed by atoms with E-state index in [1.54, 1.807) is 0 Å². The molecular formula is C8H22N3+3. The SMILES string of the molecule is [NH3+]CCCC=[NH+]CCCC[NH3+]. The summed E-state index contributed by atoms with van der Waals surface area (Å²) in [6.45, 7) is 3.20. The van der Waals surface area contributed by atoms with Crippen LogP contribution in [-0.4, -0.2) is 25.8 Å². The molecule has 0 saturated carbocycles. The van der Waals surface area contributed by atoms with Crippen LogP contribution in [0.3, 0.4) is 0 Å². The summed E-state index contributed by atoms with van der Waals surface area (Å²) in [5.74, 6) is 0. The Bertz CT molecular complexity index is 91.3. The molecule has 0 heterocycles. The maximum absolute atomic E-state index is 3.79. The van der Waals surface area contributed by atoms with Crippen molar-refractivity contribution < 1.29 is 16.5 Å². The fourth-order valence-electron chi connectivity index (χ4n) is 0.854. The van der Waals surface area contributed by atoms with Gasteiger partial charge in [0.05, 0.1) is 13.1 Å². The third-order valence-electron chi connectivity index (χ3n) is 1.56. The first-order chi connectivity index (χ1) is 5.41. The molecule has 0 rings (SSSR count). The molecule has 0 amide bonds. The van der Waals surface area contributed by atoms with E-state index in [0.29, 0.717) is 0 Å². The third kappa shape index (κ3) is 9.59. The lowest BCUT2D eigenvalue weighted by atomic mass is 10.3. The van der Waals surface area contributed by atoms with Gasteiger partial charge in [-0.1, -0.05) is 0 Å². The van der Waals surface area contributed by atoms with Gasteiger partial charge in [-0.25, -0.2) is 0 Å². The van der Waals surface area contributed by atoms with Crippen molar-refractivity contribution >= 4 is 6.21 Å². The van der Waals surface area contributed by atoms with Crippen molar-refractivity contribution in [1.82, 2.24) is 0 Å². The summed E-state index contributed by atoms with van der Waals surface area (Å²) in [5.41, 5.74) is 7.56. The highest BCUT2D eigenvalue weighted by molar-refractivity contribution is 5.49. The highest BCUT2D eigenvalue weighted by atomic mass is 14.7. The molecule has 0 radical (unpaired) electrons. The Labute approximate surface area is 68.9 Å². The molecule has 0 aliphatic heterocycles. The molecule has 0 aromatic carbocycles. The lowest BCUT2D eigenvalue weighted by Gasteiger charge is -1.86. The lowest BCUT2D eigenvalue weighted by molar-refractivity contribution is -0.456. The zero-order valence-electron chi connectivity index (χ0n) is 7.44. The molecule has 0 unspecified atom stereocenters. The van der Waals surface area contributed by atoms with Gasteiger partial charge >= 0.3 is 0 Å². The van der Waals surface area contributed by atoms with Crippen LogP contribution in [0, 0.1) is 0 Å². The summed E-state index contributed by atoms with van der Waals surface area (Å²) in [5, 5.41) is 0. The smallest absolute Gasteiger partial charge is 0.140 e. The minimum absolute atomic E-state index is 1.04. The molecule has 3 heteroatoms. The number of nitrogens with one attached hydrogen (secondary N) is 1. The number of quaternary nitrogens is 2. The van der Waals surface area contributed by atoms with Crippen molar-refractivity contribution in [3.8, 4) is 0 Å². The normalized spacial score (nSPS) is 11.1. The van der Waals surface area contributed by atoms with Crippen LogP contribution in [-0.2, 0) is 0 Å². The molecule has 0 aromatic rings. The molecule has 0 aromatic heterocycles. The van der Waals surface area contributed by atoms with Gasteiger partial charge in [0.2, 0.25) is 0 Å². The minimum atomic E-state index is 1.04. The first kappa shape index (κ1) is 10.6. The van der Waals surface area contributed by atoms with E-state index < -0.39 is 0 Å². The van der Waals surface area contributed by atoms with Gasteiger partial charge in [0, 0.05) is 25.7 Å². The molecule has 0 spiro atoms. The second kappa shape index (κ2) is 9.59. The van der Waals surface area contributed by atoms with E-state index >= 15 is 0 Å². The summed E-state index contributed by atoms with van der Waals surface area (Å²) in [4.78, 5) is 3.27. The minimum Gasteiger partial charge on any atom is -0.358 e. The Balaban J connectivity index is 2.91. The van der Waals surface area contributed by atoms with Gasteiger partial charge in [-0.3, -0.25) is 4.99 Å². The Morgan fingerprint density at radius 1 is 1.00 bits per heavy atom. The maximum atomic E-state index is 3.79. The topological polar surface area (TPSA) is 69.2 Å². The van der Waals surface area contributed by atoms with Crippen molar-refractivity contribution in [2.75, 3.05) is 19.6 Å². The van der Waals surface area contributed by atoms with E-state index in [9.17, 15) is 0 Å². The largest absolute Gasteiger partial charge is 0.358 e. The highest BCUT2D eigenvalue weighted by Crippen LogP contribution is 1.76. The fourth-order valence-corrected chi connectivity index (χ4v) is 0.854. The van der Waals surface area contributed by atoms with E-state index in [0.717, 1.165) is 26.1 Å². The van der Waals surface area contributed by atoms with Gasteiger partial charge in [-0.2, -0.15) is 0 Å². The molecule has 0 aliphatic rings. The predicted molar refractivity (Wildman–Crippen MR) is 45.9 cm³/mol. The monoisotopic (exact) mass is 160 g/mol. The molecule has 0 bridgehead atoms. The van der Waals surface area contributed by atoms with Gasteiger partial charge in [0.1, 0.15) is 12.8 Å². The molecule has 0 aliphatic carbocycles. The van der Waals surface area contributed by atoms with Crippen LogP contribution >= 0.6 is 0 Å². The molecule has 66 valence electrons. The van der Waals surface area contributed by atoms with E-state index in [4.69, 9.17) is 0 Å². The van der Waals surface area contributed by atoms with E-state index in [1.807, 2.05) is 0 Å². The molecule has 0 atom stereocenters. The average molecular weight is 160 g/mol. The molecule has 11 heavy (non-hydrogen) atoms. The van der Waals surface area contributed by atoms with E-state index in [2.05, 4.69) is 22.7 Å². The average Bonchev–Trinajstić information content (AvgIpc) is 2.03. The van der Waals surface area contributed by atoms with Gasteiger partial charge in [0.15, 0.2) is 0 Å². The molecule has 0 saturated heterocycles. The zero-order valence-corrected chi connectivity index (χ0v) is 7.44. The maximum Gasteiger partial charge on any atom is 0.140 e. The second-order valence-electron chi connectivity index (χ2n) is 2.71. The van der Waals surface area contributed by atoms with Crippen LogP contribution in [0.2, 0.25) is 0 Å². The summed E-state index contributed by atoms with van der Waals surface area (Å²) < 4.78 is 0. The van der Waals surface area contributed by atoms with Crippen molar-refractivity contribution in [1.29, 1.82) is 0 Å². The first-order valence-electron chi connectivity index (χ1n) is 4.55. The van der Waals surface area contributed by atoms with Crippen LogP contribution in [0.1, 0.15) is 25.7 Å². The number of hydrogen-bond donors (Lipinski definition) is 3. The van der Waals surface area contributed by atoms with Crippen LogP contribution in [0.4, 0.5) is 0 Å². The second-order valence-corrected chi connectivity index (χ2v) is 2.71. The van der Waals surface area contributed by atoms with Crippen molar-refractivity contribution in [2.24, 2.45) is 0 Å². The fraction of sp³-hybridized carbons (Fsp3) is 0.875. The van der Waals surface area contributed by atoms with E-state index in [-0.39, 0.29) is 0 Å². The van der Waals surface area contributed by atoms with E-state index in [1.165, 1.54) is 19.3 Å². The Morgan fingerprint density at radius 3 is 2.36 bits per heavy atom. The summed E-state index contributed by atoms with van der Waals surface area (Å²) in [6.07, 6.45) is 6.96. The zero-order chi connectivity index (χ0) is 8.36. The van der Waals surface area contributed by atoms with Crippen molar-refractivity contribution in [3.05, 3.63) is 0 Å². The number of unbranched alkanes of at least 4 members (excludes halogenated alkanes) is 2. The third-order valence-corrected chi connectivity index (χ3v) is 1.56. The quantitative estimate of drug-likeness (QED) is 0.266. The van der Waals surface area contributed by atoms with Gasteiger partial charge < -0.3 is 11.5 Å². The standard InChI is InChI=1S/C8H19N3/c9-5-1-3-7-11-8-4-2-6-10/h7H,1-6,8-10H2/p+3. The van der Waals surface area contributed by atoms with Crippen LogP contribution < -0.4 is 16.5 Å². The van der Waals surface area contributed by atoms with Crippen molar-refractivity contribution in [2.45, 2.75) is 25.7 Å². The Kier molecular flexibility index (Phi) is 9.23. The van der Waals surface area contributed by atoms with Gasteiger partial charge in [0.25, 0.3) is 0 Å². The Morgan fingerprint density at radius 2 is 1.73 bits per heavy atom. The van der Waals surface area contributed by atoms with Crippen molar-refractivity contribution in [3.63, 3.8) is 0 Å². The summed E-state index contributed by atoms with van der Waals surface area (Å²) in [7, 11) is 0. The van der Waals surface area contributed by atoms with Crippen LogP contribution in [0.5, 0.6) is 0 Å². The predicted octanol–water partition coefficient (Wildman–Crippen LogP) is -2.82. The summed E-state index contributed by atoms with van der Waals surface area (Å²) in [6, 6.07) is 0. The number of hydrogen-bond acceptors (Lipinski definition) is 0. The Hall–Kier alpha value is -0.410. The summed E-state index contributed by atoms with van der Waals surface area (Å²) >= 11 is 0. The molecule has 7 N–H and O–H groups in total. The van der Waals surface area contributed by atoms with Crippen LogP contribution in [0.25, 0.3) is 0 Å². The van der Waals surface area contributed by atoms with Gasteiger partial charge in [-0.05, 0) is 0 Å². The lowest BCUT2D eigenvalue weighted by Crippen LogP contribution is -2.69. The van der Waals surface area contributed by atoms with Gasteiger partial charge in [-0.15, -0.1) is 0 Å².